The Morgan fingerprint density at radius 2 is 2.42 bits per heavy atom. The van der Waals surface area contributed by atoms with E-state index in [0.29, 0.717) is 23.8 Å². The minimum Gasteiger partial charge on any atom is -0.383 e. The third-order valence-electron chi connectivity index (χ3n) is 3.22. The maximum atomic E-state index is 12.5. The molecular formula is C13H18ClN3O2. The summed E-state index contributed by atoms with van der Waals surface area (Å²) in [5.41, 5.74) is 6.13. The number of Topliss-reactive ketones (excluding diaryl/α,β-unsaturated/α-hetero) is 1. The lowest BCUT2D eigenvalue weighted by Gasteiger charge is -2.18. The maximum Gasteiger partial charge on any atom is 0.173 e. The summed E-state index contributed by atoms with van der Waals surface area (Å²) in [5.74, 6) is -0.0664. The summed E-state index contributed by atoms with van der Waals surface area (Å²) in [5, 5.41) is 3.74. The first-order valence-corrected chi connectivity index (χ1v) is 6.77. The van der Waals surface area contributed by atoms with Gasteiger partial charge in [-0.1, -0.05) is 18.5 Å². The minimum atomic E-state index is -0.228. The highest BCUT2D eigenvalue weighted by molar-refractivity contribution is 6.31. The normalized spacial score (nSPS) is 22.6. The standard InChI is InChI=1S/C13H18ClN3O2/c1-2-3-16-11-7-19-6-10(11)12(18)9-4-8(14)5-17-13(9)15/h4-5,10-11,16H,2-3,6-7H2,1H3,(H2,15,17). The van der Waals surface area contributed by atoms with Gasteiger partial charge in [-0.25, -0.2) is 4.98 Å². The Balaban J connectivity index is 2.16. The highest BCUT2D eigenvalue weighted by Crippen LogP contribution is 2.23. The number of rotatable bonds is 5. The fourth-order valence-corrected chi connectivity index (χ4v) is 2.35. The first-order valence-electron chi connectivity index (χ1n) is 6.39. The van der Waals surface area contributed by atoms with E-state index in [-0.39, 0.29) is 23.6 Å². The number of halogens is 1. The van der Waals surface area contributed by atoms with Crippen molar-refractivity contribution in [2.24, 2.45) is 5.92 Å². The van der Waals surface area contributed by atoms with Gasteiger partial charge in [-0.05, 0) is 19.0 Å². The molecule has 1 saturated heterocycles. The fourth-order valence-electron chi connectivity index (χ4n) is 2.19. The van der Waals surface area contributed by atoms with Crippen LogP contribution in [0.5, 0.6) is 0 Å². The molecule has 2 heterocycles. The van der Waals surface area contributed by atoms with Crippen LogP contribution in [-0.2, 0) is 4.74 Å². The lowest BCUT2D eigenvalue weighted by Crippen LogP contribution is -2.39. The molecule has 6 heteroatoms. The molecule has 0 aromatic carbocycles. The second-order valence-electron chi connectivity index (χ2n) is 4.66. The number of nitrogens with one attached hydrogen (secondary N) is 1. The summed E-state index contributed by atoms with van der Waals surface area (Å²) in [6.07, 6.45) is 2.45. The van der Waals surface area contributed by atoms with Gasteiger partial charge < -0.3 is 15.8 Å². The molecule has 0 aliphatic carbocycles. The molecular weight excluding hydrogens is 266 g/mol. The molecule has 2 rings (SSSR count). The van der Waals surface area contributed by atoms with Crippen molar-refractivity contribution >= 4 is 23.2 Å². The molecule has 1 aliphatic heterocycles. The first-order chi connectivity index (χ1) is 9.13. The average molecular weight is 284 g/mol. The van der Waals surface area contributed by atoms with E-state index in [1.807, 2.05) is 0 Å². The number of ether oxygens (including phenoxy) is 1. The van der Waals surface area contributed by atoms with Crippen LogP contribution in [0.2, 0.25) is 5.02 Å². The highest BCUT2D eigenvalue weighted by Gasteiger charge is 2.35. The fraction of sp³-hybridized carbons (Fsp3) is 0.538. The average Bonchev–Trinajstić information content (AvgIpc) is 2.86. The van der Waals surface area contributed by atoms with Gasteiger partial charge in [0.15, 0.2) is 5.78 Å². The van der Waals surface area contributed by atoms with E-state index in [1.54, 1.807) is 6.07 Å². The van der Waals surface area contributed by atoms with Gasteiger partial charge in [0.25, 0.3) is 0 Å². The van der Waals surface area contributed by atoms with Crippen molar-refractivity contribution in [1.82, 2.24) is 10.3 Å². The molecule has 0 bridgehead atoms. The number of pyridine rings is 1. The number of aromatic nitrogens is 1. The van der Waals surface area contributed by atoms with Gasteiger partial charge in [0, 0.05) is 12.2 Å². The molecule has 5 nitrogen and oxygen atoms in total. The van der Waals surface area contributed by atoms with Gasteiger partial charge in [-0.3, -0.25) is 4.79 Å². The van der Waals surface area contributed by atoms with Crippen molar-refractivity contribution in [3.05, 3.63) is 22.8 Å². The lowest BCUT2D eigenvalue weighted by atomic mass is 9.93. The smallest absolute Gasteiger partial charge is 0.173 e. The number of carbonyl (C=O) groups excluding carboxylic acids is 1. The van der Waals surface area contributed by atoms with E-state index < -0.39 is 0 Å². The molecule has 19 heavy (non-hydrogen) atoms. The Kier molecular flexibility index (Phi) is 4.74. The second-order valence-corrected chi connectivity index (χ2v) is 5.09. The van der Waals surface area contributed by atoms with E-state index in [4.69, 9.17) is 22.1 Å². The van der Waals surface area contributed by atoms with E-state index in [2.05, 4.69) is 17.2 Å². The van der Waals surface area contributed by atoms with Crippen LogP contribution in [0.15, 0.2) is 12.3 Å². The summed E-state index contributed by atoms with van der Waals surface area (Å²) >= 11 is 5.87. The molecule has 1 fully saturated rings. The van der Waals surface area contributed by atoms with E-state index >= 15 is 0 Å². The molecule has 2 atom stereocenters. The number of anilines is 1. The molecule has 104 valence electrons. The highest BCUT2D eigenvalue weighted by atomic mass is 35.5. The molecule has 1 aromatic rings. The topological polar surface area (TPSA) is 77.2 Å². The van der Waals surface area contributed by atoms with Crippen LogP contribution in [0.1, 0.15) is 23.7 Å². The zero-order valence-electron chi connectivity index (χ0n) is 10.9. The van der Waals surface area contributed by atoms with Crippen molar-refractivity contribution in [3.8, 4) is 0 Å². The third kappa shape index (κ3) is 3.23. The number of hydrogen-bond acceptors (Lipinski definition) is 5. The van der Waals surface area contributed by atoms with Crippen LogP contribution < -0.4 is 11.1 Å². The van der Waals surface area contributed by atoms with E-state index in [1.165, 1.54) is 6.20 Å². The third-order valence-corrected chi connectivity index (χ3v) is 3.43. The van der Waals surface area contributed by atoms with Gasteiger partial charge in [0.2, 0.25) is 0 Å². The predicted molar refractivity (Wildman–Crippen MR) is 74.4 cm³/mol. The number of hydrogen-bond donors (Lipinski definition) is 2. The van der Waals surface area contributed by atoms with Gasteiger partial charge >= 0.3 is 0 Å². The molecule has 1 aromatic heterocycles. The van der Waals surface area contributed by atoms with E-state index in [0.717, 1.165) is 13.0 Å². The summed E-state index contributed by atoms with van der Waals surface area (Å²) in [7, 11) is 0. The number of nitrogens with two attached hydrogens (primary N) is 1. The SMILES string of the molecule is CCCNC1COCC1C(=O)c1cc(Cl)cnc1N. The summed E-state index contributed by atoms with van der Waals surface area (Å²) in [4.78, 5) is 16.4. The van der Waals surface area contributed by atoms with E-state index in [9.17, 15) is 4.79 Å². The zero-order chi connectivity index (χ0) is 13.8. The summed E-state index contributed by atoms with van der Waals surface area (Å²) < 4.78 is 5.40. The monoisotopic (exact) mass is 283 g/mol. The van der Waals surface area contributed by atoms with Crippen LogP contribution in [0.3, 0.4) is 0 Å². The second kappa shape index (κ2) is 6.32. The Labute approximate surface area is 117 Å². The number of ketones is 1. The molecule has 0 amide bonds. The molecule has 0 saturated carbocycles. The first kappa shape index (κ1) is 14.2. The predicted octanol–water partition coefficient (Wildman–Crippen LogP) is 1.51. The van der Waals surface area contributed by atoms with Crippen LogP contribution in [-0.4, -0.2) is 36.6 Å². The van der Waals surface area contributed by atoms with Crippen molar-refractivity contribution in [2.45, 2.75) is 19.4 Å². The van der Waals surface area contributed by atoms with Crippen molar-refractivity contribution < 1.29 is 9.53 Å². The van der Waals surface area contributed by atoms with Crippen molar-refractivity contribution in [3.63, 3.8) is 0 Å². The Morgan fingerprint density at radius 1 is 1.63 bits per heavy atom. The quantitative estimate of drug-likeness (QED) is 0.801. The van der Waals surface area contributed by atoms with Gasteiger partial charge in [0.05, 0.1) is 29.7 Å². The Morgan fingerprint density at radius 3 is 3.16 bits per heavy atom. The van der Waals surface area contributed by atoms with Gasteiger partial charge in [-0.15, -0.1) is 0 Å². The van der Waals surface area contributed by atoms with Gasteiger partial charge in [0.1, 0.15) is 5.82 Å². The van der Waals surface area contributed by atoms with Crippen LogP contribution >= 0.6 is 11.6 Å². The minimum absolute atomic E-state index is 0.0332. The molecule has 2 unspecified atom stereocenters. The summed E-state index contributed by atoms with van der Waals surface area (Å²) in [6, 6.07) is 1.60. The van der Waals surface area contributed by atoms with Crippen LogP contribution in [0.4, 0.5) is 5.82 Å². The van der Waals surface area contributed by atoms with Crippen LogP contribution in [0.25, 0.3) is 0 Å². The number of nitrogens with zero attached hydrogens (tertiary/aromatic N) is 1. The lowest BCUT2D eigenvalue weighted by molar-refractivity contribution is 0.0892. The Hall–Kier alpha value is -1.17. The van der Waals surface area contributed by atoms with Gasteiger partial charge in [-0.2, -0.15) is 0 Å². The Bertz CT molecular complexity index is 467. The number of nitrogen functional groups attached to an aromatic ring is 1. The summed E-state index contributed by atoms with van der Waals surface area (Å²) in [6.45, 7) is 3.90. The molecule has 3 N–H and O–H groups in total. The number of carbonyl (C=O) groups is 1. The van der Waals surface area contributed by atoms with Crippen molar-refractivity contribution in [2.75, 3.05) is 25.5 Å². The van der Waals surface area contributed by atoms with Crippen LogP contribution in [0, 0.1) is 5.92 Å². The zero-order valence-corrected chi connectivity index (χ0v) is 11.6. The molecule has 1 aliphatic rings. The largest absolute Gasteiger partial charge is 0.383 e. The van der Waals surface area contributed by atoms with Crippen molar-refractivity contribution in [1.29, 1.82) is 0 Å². The maximum absolute atomic E-state index is 12.5. The molecule has 0 radical (unpaired) electrons. The molecule has 0 spiro atoms.